The van der Waals surface area contributed by atoms with Crippen molar-refractivity contribution < 1.29 is 14.3 Å². The zero-order valence-electron chi connectivity index (χ0n) is 12.9. The summed E-state index contributed by atoms with van der Waals surface area (Å²) in [4.78, 5) is 22.4. The van der Waals surface area contributed by atoms with E-state index in [1.54, 1.807) is 0 Å². The van der Waals surface area contributed by atoms with E-state index >= 15 is 0 Å². The Morgan fingerprint density at radius 3 is 1.89 bits per heavy atom. The standard InChI is InChI=1S/C16H30O3/c1-14(2)12-13-15(17)10-8-6-4-5-7-9-11-16(18)19-3/h14H,4-13H2,1-3H3. The molecule has 112 valence electrons. The first-order valence-corrected chi connectivity index (χ1v) is 7.64. The van der Waals surface area contributed by atoms with Gasteiger partial charge in [-0.15, -0.1) is 0 Å². The van der Waals surface area contributed by atoms with E-state index in [0.29, 0.717) is 18.1 Å². The molecule has 0 fully saturated rings. The van der Waals surface area contributed by atoms with E-state index in [1.807, 2.05) is 0 Å². The number of ether oxygens (including phenoxy) is 1. The highest BCUT2D eigenvalue weighted by Gasteiger charge is 2.03. The van der Waals surface area contributed by atoms with Crippen LogP contribution in [0.3, 0.4) is 0 Å². The van der Waals surface area contributed by atoms with Crippen LogP contribution in [0.5, 0.6) is 0 Å². The highest BCUT2D eigenvalue weighted by Crippen LogP contribution is 2.11. The second kappa shape index (κ2) is 12.2. The lowest BCUT2D eigenvalue weighted by molar-refractivity contribution is -0.140. The summed E-state index contributed by atoms with van der Waals surface area (Å²) in [6, 6.07) is 0. The van der Waals surface area contributed by atoms with Crippen molar-refractivity contribution in [2.75, 3.05) is 7.11 Å². The molecule has 0 aromatic heterocycles. The second-order valence-electron chi connectivity index (χ2n) is 5.67. The Hall–Kier alpha value is -0.860. The molecule has 0 rings (SSSR count). The van der Waals surface area contributed by atoms with Crippen molar-refractivity contribution in [3.05, 3.63) is 0 Å². The van der Waals surface area contributed by atoms with Gasteiger partial charge in [0, 0.05) is 19.3 Å². The van der Waals surface area contributed by atoms with Crippen molar-refractivity contribution in [1.82, 2.24) is 0 Å². The number of hydrogen-bond acceptors (Lipinski definition) is 3. The molecule has 0 spiro atoms. The molecule has 19 heavy (non-hydrogen) atoms. The fourth-order valence-electron chi connectivity index (χ4n) is 1.98. The van der Waals surface area contributed by atoms with E-state index in [1.165, 1.54) is 13.5 Å². The van der Waals surface area contributed by atoms with Gasteiger partial charge in [-0.2, -0.15) is 0 Å². The van der Waals surface area contributed by atoms with E-state index in [2.05, 4.69) is 18.6 Å². The molecular formula is C16H30O3. The number of carbonyl (C=O) groups excluding carboxylic acids is 2. The first-order valence-electron chi connectivity index (χ1n) is 7.64. The molecule has 0 radical (unpaired) electrons. The molecule has 0 aromatic carbocycles. The number of ketones is 1. The maximum absolute atomic E-state index is 11.5. The molecule has 0 saturated carbocycles. The Bertz CT molecular complexity index is 246. The molecule has 0 atom stereocenters. The molecular weight excluding hydrogens is 240 g/mol. The summed E-state index contributed by atoms with van der Waals surface area (Å²) in [6.07, 6.45) is 9.51. The lowest BCUT2D eigenvalue weighted by Crippen LogP contribution is -2.00. The van der Waals surface area contributed by atoms with E-state index < -0.39 is 0 Å². The molecule has 0 aromatic rings. The number of carbonyl (C=O) groups is 2. The second-order valence-corrected chi connectivity index (χ2v) is 5.67. The summed E-state index contributed by atoms with van der Waals surface area (Å²) in [6.45, 7) is 4.31. The fraction of sp³-hybridized carbons (Fsp3) is 0.875. The zero-order chi connectivity index (χ0) is 14.5. The van der Waals surface area contributed by atoms with Crippen LogP contribution in [0, 0.1) is 5.92 Å². The van der Waals surface area contributed by atoms with Crippen LogP contribution in [-0.2, 0) is 14.3 Å². The molecule has 0 bridgehead atoms. The Labute approximate surface area is 118 Å². The van der Waals surface area contributed by atoms with E-state index in [9.17, 15) is 9.59 Å². The highest BCUT2D eigenvalue weighted by atomic mass is 16.5. The lowest BCUT2D eigenvalue weighted by Gasteiger charge is -2.04. The molecule has 3 heteroatoms. The maximum atomic E-state index is 11.5. The Morgan fingerprint density at radius 2 is 1.37 bits per heavy atom. The van der Waals surface area contributed by atoms with Crippen molar-refractivity contribution in [2.24, 2.45) is 5.92 Å². The van der Waals surface area contributed by atoms with Crippen LogP contribution in [0.25, 0.3) is 0 Å². The Kier molecular flexibility index (Phi) is 11.6. The predicted octanol–water partition coefficient (Wildman–Crippen LogP) is 4.29. The quantitative estimate of drug-likeness (QED) is 0.392. The number of Topliss-reactive ketones (excluding diaryl/α,β-unsaturated/α-hetero) is 1. The van der Waals surface area contributed by atoms with E-state index in [-0.39, 0.29) is 5.97 Å². The normalized spacial score (nSPS) is 10.7. The van der Waals surface area contributed by atoms with Crippen molar-refractivity contribution in [1.29, 1.82) is 0 Å². The summed E-state index contributed by atoms with van der Waals surface area (Å²) >= 11 is 0. The highest BCUT2D eigenvalue weighted by molar-refractivity contribution is 5.78. The van der Waals surface area contributed by atoms with Crippen LogP contribution >= 0.6 is 0 Å². The third-order valence-corrected chi connectivity index (χ3v) is 3.31. The van der Waals surface area contributed by atoms with Crippen LogP contribution in [0.15, 0.2) is 0 Å². The number of rotatable bonds is 12. The van der Waals surface area contributed by atoms with Crippen LogP contribution in [0.1, 0.15) is 78.1 Å². The lowest BCUT2D eigenvalue weighted by atomic mass is 10.0. The van der Waals surface area contributed by atoms with Crippen LogP contribution in [0.4, 0.5) is 0 Å². The number of hydrogen-bond donors (Lipinski definition) is 0. The van der Waals surface area contributed by atoms with Gasteiger partial charge in [-0.3, -0.25) is 9.59 Å². The topological polar surface area (TPSA) is 43.4 Å². The average Bonchev–Trinajstić information content (AvgIpc) is 2.38. The Morgan fingerprint density at radius 1 is 0.842 bits per heavy atom. The van der Waals surface area contributed by atoms with Crippen molar-refractivity contribution in [2.45, 2.75) is 78.1 Å². The van der Waals surface area contributed by atoms with Crippen LogP contribution < -0.4 is 0 Å². The van der Waals surface area contributed by atoms with Gasteiger partial charge in [-0.25, -0.2) is 0 Å². The largest absolute Gasteiger partial charge is 0.469 e. The fourth-order valence-corrected chi connectivity index (χ4v) is 1.98. The number of methoxy groups -OCH3 is 1. The van der Waals surface area contributed by atoms with E-state index in [0.717, 1.165) is 51.4 Å². The first-order chi connectivity index (χ1) is 9.06. The molecule has 0 amide bonds. The minimum Gasteiger partial charge on any atom is -0.469 e. The van der Waals surface area contributed by atoms with Gasteiger partial charge < -0.3 is 4.74 Å². The first kappa shape index (κ1) is 18.1. The molecule has 0 aliphatic carbocycles. The molecule has 0 unspecified atom stereocenters. The summed E-state index contributed by atoms with van der Waals surface area (Å²) in [7, 11) is 1.43. The van der Waals surface area contributed by atoms with Crippen LogP contribution in [-0.4, -0.2) is 18.9 Å². The monoisotopic (exact) mass is 270 g/mol. The van der Waals surface area contributed by atoms with Crippen molar-refractivity contribution >= 4 is 11.8 Å². The molecule has 3 nitrogen and oxygen atoms in total. The molecule has 0 aliphatic rings. The average molecular weight is 270 g/mol. The van der Waals surface area contributed by atoms with Gasteiger partial charge in [0.25, 0.3) is 0 Å². The third-order valence-electron chi connectivity index (χ3n) is 3.31. The summed E-state index contributed by atoms with van der Waals surface area (Å²) in [5.74, 6) is 0.925. The summed E-state index contributed by atoms with van der Waals surface area (Å²) < 4.78 is 4.58. The molecule has 0 saturated heterocycles. The van der Waals surface area contributed by atoms with Gasteiger partial charge >= 0.3 is 5.97 Å². The molecule has 0 heterocycles. The minimum absolute atomic E-state index is 0.115. The molecule has 0 N–H and O–H groups in total. The predicted molar refractivity (Wildman–Crippen MR) is 78.0 cm³/mol. The summed E-state index contributed by atoms with van der Waals surface area (Å²) in [5, 5.41) is 0. The van der Waals surface area contributed by atoms with E-state index in [4.69, 9.17) is 0 Å². The number of esters is 1. The number of unbranched alkanes of at least 4 members (excludes halogenated alkanes) is 5. The van der Waals surface area contributed by atoms with Gasteiger partial charge in [0.2, 0.25) is 0 Å². The van der Waals surface area contributed by atoms with Gasteiger partial charge in [-0.05, 0) is 25.2 Å². The van der Waals surface area contributed by atoms with Gasteiger partial charge in [0.05, 0.1) is 7.11 Å². The maximum Gasteiger partial charge on any atom is 0.305 e. The van der Waals surface area contributed by atoms with Gasteiger partial charge in [0.15, 0.2) is 0 Å². The van der Waals surface area contributed by atoms with Crippen molar-refractivity contribution in [3.8, 4) is 0 Å². The smallest absolute Gasteiger partial charge is 0.305 e. The molecule has 0 aliphatic heterocycles. The van der Waals surface area contributed by atoms with Crippen molar-refractivity contribution in [3.63, 3.8) is 0 Å². The third kappa shape index (κ3) is 13.4. The SMILES string of the molecule is COC(=O)CCCCCCCCC(=O)CCC(C)C. The minimum atomic E-state index is -0.115. The Balaban J connectivity index is 3.22. The van der Waals surface area contributed by atoms with Crippen LogP contribution in [0.2, 0.25) is 0 Å². The van der Waals surface area contributed by atoms with Gasteiger partial charge in [-0.1, -0.05) is 39.5 Å². The zero-order valence-corrected chi connectivity index (χ0v) is 12.9. The van der Waals surface area contributed by atoms with Gasteiger partial charge in [0.1, 0.15) is 5.78 Å². The summed E-state index contributed by atoms with van der Waals surface area (Å²) in [5.41, 5.74) is 0.